The highest BCUT2D eigenvalue weighted by Gasteiger charge is 2.16. The Hall–Kier alpha value is -0.120. The molecule has 90 valence electrons. The molecule has 2 N–H and O–H groups in total. The van der Waals surface area contributed by atoms with Crippen molar-refractivity contribution in [1.82, 2.24) is 4.90 Å². The molecule has 3 heteroatoms. The van der Waals surface area contributed by atoms with Crippen LogP contribution in [0.25, 0.3) is 0 Å². The van der Waals surface area contributed by atoms with Gasteiger partial charge >= 0.3 is 0 Å². The minimum atomic E-state index is 0.323. The second kappa shape index (κ2) is 7.20. The van der Waals surface area contributed by atoms with Crippen molar-refractivity contribution in [3.05, 3.63) is 0 Å². The molecule has 0 amide bonds. The molecule has 0 aromatic heterocycles. The molecule has 1 aliphatic rings. The van der Waals surface area contributed by atoms with Crippen molar-refractivity contribution >= 4 is 0 Å². The second-order valence-electron chi connectivity index (χ2n) is 4.76. The summed E-state index contributed by atoms with van der Waals surface area (Å²) in [7, 11) is 2.15. The van der Waals surface area contributed by atoms with E-state index in [0.717, 1.165) is 26.1 Å². The predicted octanol–water partition coefficient (Wildman–Crippen LogP) is 1.61. The Morgan fingerprint density at radius 3 is 2.87 bits per heavy atom. The fraction of sp³-hybridized carbons (Fsp3) is 1.00. The average Bonchev–Trinajstić information content (AvgIpc) is 2.19. The Kier molecular flexibility index (Phi) is 6.22. The molecule has 0 aliphatic carbocycles. The summed E-state index contributed by atoms with van der Waals surface area (Å²) in [6.45, 7) is 5.16. The lowest BCUT2D eigenvalue weighted by Gasteiger charge is -2.28. The van der Waals surface area contributed by atoms with Gasteiger partial charge in [-0.15, -0.1) is 0 Å². The van der Waals surface area contributed by atoms with E-state index in [1.807, 2.05) is 0 Å². The normalized spacial score (nSPS) is 24.4. The zero-order valence-electron chi connectivity index (χ0n) is 10.2. The molecular weight excluding hydrogens is 188 g/mol. The SMILES string of the molecule is CCCC(N)CN(C)CC1CCCCO1. The molecule has 0 radical (unpaired) electrons. The van der Waals surface area contributed by atoms with Gasteiger partial charge in [-0.05, 0) is 32.7 Å². The zero-order valence-corrected chi connectivity index (χ0v) is 10.2. The average molecular weight is 214 g/mol. The van der Waals surface area contributed by atoms with Crippen LogP contribution in [0, 0.1) is 0 Å². The zero-order chi connectivity index (χ0) is 11.1. The third kappa shape index (κ3) is 5.50. The van der Waals surface area contributed by atoms with Gasteiger partial charge in [0, 0.05) is 25.7 Å². The van der Waals surface area contributed by atoms with Crippen molar-refractivity contribution in [3.63, 3.8) is 0 Å². The van der Waals surface area contributed by atoms with Crippen LogP contribution in [0.2, 0.25) is 0 Å². The quantitative estimate of drug-likeness (QED) is 0.730. The van der Waals surface area contributed by atoms with Crippen LogP contribution >= 0.6 is 0 Å². The van der Waals surface area contributed by atoms with E-state index < -0.39 is 0 Å². The van der Waals surface area contributed by atoms with E-state index in [0.29, 0.717) is 12.1 Å². The maximum atomic E-state index is 6.01. The highest BCUT2D eigenvalue weighted by atomic mass is 16.5. The standard InChI is InChI=1S/C12H26N2O/c1-3-6-11(13)9-14(2)10-12-7-4-5-8-15-12/h11-12H,3-10,13H2,1-2H3. The van der Waals surface area contributed by atoms with Gasteiger partial charge in [0.1, 0.15) is 0 Å². The molecule has 1 fully saturated rings. The van der Waals surface area contributed by atoms with Crippen molar-refractivity contribution in [2.24, 2.45) is 5.73 Å². The van der Waals surface area contributed by atoms with Gasteiger partial charge in [-0.2, -0.15) is 0 Å². The molecule has 1 aliphatic heterocycles. The molecule has 0 aromatic rings. The monoisotopic (exact) mass is 214 g/mol. The van der Waals surface area contributed by atoms with Gasteiger partial charge in [0.15, 0.2) is 0 Å². The molecule has 1 heterocycles. The summed E-state index contributed by atoms with van der Waals surface area (Å²) >= 11 is 0. The fourth-order valence-corrected chi connectivity index (χ4v) is 2.24. The first-order chi connectivity index (χ1) is 7.22. The number of hydrogen-bond acceptors (Lipinski definition) is 3. The number of hydrogen-bond donors (Lipinski definition) is 1. The van der Waals surface area contributed by atoms with Crippen LogP contribution in [0.1, 0.15) is 39.0 Å². The van der Waals surface area contributed by atoms with Crippen LogP contribution in [0.5, 0.6) is 0 Å². The third-order valence-electron chi connectivity index (χ3n) is 2.99. The van der Waals surface area contributed by atoms with Gasteiger partial charge < -0.3 is 15.4 Å². The summed E-state index contributed by atoms with van der Waals surface area (Å²) < 4.78 is 5.71. The number of nitrogens with zero attached hydrogens (tertiary/aromatic N) is 1. The van der Waals surface area contributed by atoms with E-state index in [-0.39, 0.29) is 0 Å². The van der Waals surface area contributed by atoms with Gasteiger partial charge in [-0.25, -0.2) is 0 Å². The van der Waals surface area contributed by atoms with Crippen LogP contribution in [0.15, 0.2) is 0 Å². The fourth-order valence-electron chi connectivity index (χ4n) is 2.24. The summed E-state index contributed by atoms with van der Waals surface area (Å²) in [5.74, 6) is 0. The highest BCUT2D eigenvalue weighted by Crippen LogP contribution is 2.13. The number of ether oxygens (including phenoxy) is 1. The van der Waals surface area contributed by atoms with Crippen molar-refractivity contribution in [2.75, 3.05) is 26.7 Å². The molecule has 3 nitrogen and oxygen atoms in total. The smallest absolute Gasteiger partial charge is 0.0701 e. The molecule has 0 aromatic carbocycles. The maximum Gasteiger partial charge on any atom is 0.0701 e. The number of nitrogens with two attached hydrogens (primary N) is 1. The summed E-state index contributed by atoms with van der Waals surface area (Å²) in [6.07, 6.45) is 6.50. The first-order valence-electron chi connectivity index (χ1n) is 6.28. The Bertz CT molecular complexity index is 158. The van der Waals surface area contributed by atoms with Crippen molar-refractivity contribution < 1.29 is 4.74 Å². The van der Waals surface area contributed by atoms with Crippen molar-refractivity contribution in [3.8, 4) is 0 Å². The molecule has 0 saturated carbocycles. The van der Waals surface area contributed by atoms with E-state index in [4.69, 9.17) is 10.5 Å². The summed E-state index contributed by atoms with van der Waals surface area (Å²) in [6, 6.07) is 0.323. The summed E-state index contributed by atoms with van der Waals surface area (Å²) in [5, 5.41) is 0. The van der Waals surface area contributed by atoms with E-state index >= 15 is 0 Å². The Morgan fingerprint density at radius 2 is 2.27 bits per heavy atom. The van der Waals surface area contributed by atoms with Crippen LogP contribution in [-0.4, -0.2) is 43.8 Å². The Morgan fingerprint density at radius 1 is 1.47 bits per heavy atom. The first-order valence-corrected chi connectivity index (χ1v) is 6.28. The molecule has 0 spiro atoms. The highest BCUT2D eigenvalue weighted by molar-refractivity contribution is 4.71. The van der Waals surface area contributed by atoms with E-state index in [1.54, 1.807) is 0 Å². The second-order valence-corrected chi connectivity index (χ2v) is 4.76. The van der Waals surface area contributed by atoms with Gasteiger partial charge in [-0.1, -0.05) is 13.3 Å². The van der Waals surface area contributed by atoms with Crippen molar-refractivity contribution in [2.45, 2.75) is 51.2 Å². The van der Waals surface area contributed by atoms with E-state index in [9.17, 15) is 0 Å². The third-order valence-corrected chi connectivity index (χ3v) is 2.99. The van der Waals surface area contributed by atoms with Crippen LogP contribution in [-0.2, 0) is 4.74 Å². The number of rotatable bonds is 6. The minimum absolute atomic E-state index is 0.323. The molecule has 15 heavy (non-hydrogen) atoms. The van der Waals surface area contributed by atoms with Crippen LogP contribution < -0.4 is 5.73 Å². The largest absolute Gasteiger partial charge is 0.377 e. The maximum absolute atomic E-state index is 6.01. The van der Waals surface area contributed by atoms with Gasteiger partial charge in [0.05, 0.1) is 6.10 Å². The number of likely N-dealkylation sites (N-methyl/N-ethyl adjacent to an activating group) is 1. The summed E-state index contributed by atoms with van der Waals surface area (Å²) in [5.41, 5.74) is 6.01. The molecule has 2 unspecified atom stereocenters. The van der Waals surface area contributed by atoms with Crippen molar-refractivity contribution in [1.29, 1.82) is 0 Å². The van der Waals surface area contributed by atoms with Crippen LogP contribution in [0.3, 0.4) is 0 Å². The lowest BCUT2D eigenvalue weighted by atomic mass is 10.1. The van der Waals surface area contributed by atoms with Crippen LogP contribution in [0.4, 0.5) is 0 Å². The first kappa shape index (κ1) is 12.9. The molecule has 2 atom stereocenters. The van der Waals surface area contributed by atoms with Gasteiger partial charge in [-0.3, -0.25) is 0 Å². The van der Waals surface area contributed by atoms with E-state index in [1.165, 1.54) is 25.7 Å². The molecule has 0 bridgehead atoms. The lowest BCUT2D eigenvalue weighted by molar-refractivity contribution is -0.00220. The topological polar surface area (TPSA) is 38.5 Å². The Balaban J connectivity index is 2.13. The lowest BCUT2D eigenvalue weighted by Crippen LogP contribution is -2.40. The van der Waals surface area contributed by atoms with Gasteiger partial charge in [0.2, 0.25) is 0 Å². The minimum Gasteiger partial charge on any atom is -0.377 e. The molecule has 1 saturated heterocycles. The Labute approximate surface area is 94.0 Å². The summed E-state index contributed by atoms with van der Waals surface area (Å²) in [4.78, 5) is 2.32. The predicted molar refractivity (Wildman–Crippen MR) is 64.0 cm³/mol. The van der Waals surface area contributed by atoms with E-state index in [2.05, 4.69) is 18.9 Å². The molecule has 1 rings (SSSR count). The molecular formula is C12H26N2O. The van der Waals surface area contributed by atoms with Gasteiger partial charge in [0.25, 0.3) is 0 Å².